The van der Waals surface area contributed by atoms with E-state index in [0.29, 0.717) is 6.07 Å². The maximum absolute atomic E-state index is 13.7. The van der Waals surface area contributed by atoms with Crippen molar-refractivity contribution in [2.45, 2.75) is 26.4 Å². The van der Waals surface area contributed by atoms with Gasteiger partial charge in [-0.1, -0.05) is 0 Å². The van der Waals surface area contributed by atoms with Crippen LogP contribution in [-0.4, -0.2) is 37.4 Å². The normalized spacial score (nSPS) is 11.5. The van der Waals surface area contributed by atoms with Crippen LogP contribution in [0.15, 0.2) is 42.6 Å². The molecule has 0 bridgehead atoms. The number of anilines is 1. The fraction of sp³-hybridized carbons (Fsp3) is 0.240. The smallest absolute Gasteiger partial charge is 0.493 e. The molecule has 1 heterocycles. The lowest BCUT2D eigenvalue weighted by atomic mass is 9.99. The maximum atomic E-state index is 13.7. The van der Waals surface area contributed by atoms with Crippen molar-refractivity contribution in [3.63, 3.8) is 0 Å². The molecule has 0 spiro atoms. The van der Waals surface area contributed by atoms with Crippen LogP contribution >= 0.6 is 0 Å². The monoisotopic (exact) mass is 558 g/mol. The van der Waals surface area contributed by atoms with Crippen molar-refractivity contribution in [3.05, 3.63) is 70.5 Å². The first-order valence-corrected chi connectivity index (χ1v) is 10.8. The number of aromatic nitrogens is 1. The fourth-order valence-electron chi connectivity index (χ4n) is 3.57. The van der Waals surface area contributed by atoms with E-state index in [2.05, 4.69) is 19.8 Å². The first-order chi connectivity index (χ1) is 18.2. The summed E-state index contributed by atoms with van der Waals surface area (Å²) in [6.45, 7) is 2.50. The Balaban J connectivity index is 2.08. The maximum Gasteiger partial charge on any atom is 0.573 e. The molecule has 1 amide bonds. The lowest BCUT2D eigenvalue weighted by molar-refractivity contribution is -0.274. The van der Waals surface area contributed by atoms with Gasteiger partial charge in [0, 0.05) is 23.5 Å². The van der Waals surface area contributed by atoms with Gasteiger partial charge in [-0.2, -0.15) is 13.2 Å². The van der Waals surface area contributed by atoms with Crippen molar-refractivity contribution in [2.24, 2.45) is 0 Å². The highest BCUT2D eigenvalue weighted by atomic mass is 19.4. The standard InChI is InChI=1S/C25H20F6N2O6/c1-12-15(24(26,27)28)6-8-18(38-17-7-5-14(11-19(17)36-3)39-25(29,30)31)20(12)22(34)33-16-9-10-32-21(13(16)2)23(35)37-4/h5-11H,1-4H3,(H,32,33,34). The van der Waals surface area contributed by atoms with Gasteiger partial charge in [-0.05, 0) is 49.7 Å². The minimum Gasteiger partial charge on any atom is -0.493 e. The number of hydrogen-bond acceptors (Lipinski definition) is 7. The number of methoxy groups -OCH3 is 2. The van der Waals surface area contributed by atoms with Gasteiger partial charge in [0.05, 0.1) is 25.3 Å². The van der Waals surface area contributed by atoms with Crippen LogP contribution < -0.4 is 19.5 Å². The number of carbonyl (C=O) groups is 2. The molecule has 0 radical (unpaired) electrons. The zero-order valence-electron chi connectivity index (χ0n) is 20.7. The Morgan fingerprint density at radius 1 is 0.872 bits per heavy atom. The Morgan fingerprint density at radius 3 is 2.13 bits per heavy atom. The Kier molecular flexibility index (Phi) is 8.27. The van der Waals surface area contributed by atoms with E-state index >= 15 is 0 Å². The summed E-state index contributed by atoms with van der Waals surface area (Å²) >= 11 is 0. The number of pyridine rings is 1. The highest BCUT2D eigenvalue weighted by Crippen LogP contribution is 2.41. The zero-order chi connectivity index (χ0) is 29.1. The van der Waals surface area contributed by atoms with E-state index in [9.17, 15) is 35.9 Å². The van der Waals surface area contributed by atoms with Crippen LogP contribution in [0.1, 0.15) is 37.5 Å². The van der Waals surface area contributed by atoms with Gasteiger partial charge in [0.15, 0.2) is 17.2 Å². The summed E-state index contributed by atoms with van der Waals surface area (Å²) in [5, 5.41) is 2.44. The van der Waals surface area contributed by atoms with Crippen LogP contribution in [0.5, 0.6) is 23.0 Å². The van der Waals surface area contributed by atoms with E-state index in [1.807, 2.05) is 0 Å². The Labute approximate surface area is 217 Å². The van der Waals surface area contributed by atoms with Crippen LogP contribution in [0.4, 0.5) is 32.0 Å². The predicted molar refractivity (Wildman–Crippen MR) is 124 cm³/mol. The fourth-order valence-corrected chi connectivity index (χ4v) is 3.57. The number of nitrogens with one attached hydrogen (secondary N) is 1. The van der Waals surface area contributed by atoms with E-state index in [0.717, 1.165) is 45.4 Å². The van der Waals surface area contributed by atoms with Crippen molar-refractivity contribution < 1.29 is 54.9 Å². The summed E-state index contributed by atoms with van der Waals surface area (Å²) in [6.07, 6.45) is -8.61. The molecule has 39 heavy (non-hydrogen) atoms. The quantitative estimate of drug-likeness (QED) is 0.263. The third-order valence-corrected chi connectivity index (χ3v) is 5.38. The van der Waals surface area contributed by atoms with Gasteiger partial charge in [0.1, 0.15) is 11.5 Å². The number of carbonyl (C=O) groups excluding carboxylic acids is 2. The number of ether oxygens (including phenoxy) is 4. The highest BCUT2D eigenvalue weighted by molar-refractivity contribution is 6.08. The van der Waals surface area contributed by atoms with Gasteiger partial charge < -0.3 is 24.3 Å². The van der Waals surface area contributed by atoms with Gasteiger partial charge in [-0.3, -0.25) is 4.79 Å². The highest BCUT2D eigenvalue weighted by Gasteiger charge is 2.36. The van der Waals surface area contributed by atoms with Crippen LogP contribution in [0.3, 0.4) is 0 Å². The largest absolute Gasteiger partial charge is 0.573 e. The number of hydrogen-bond donors (Lipinski definition) is 1. The van der Waals surface area contributed by atoms with Crippen molar-refractivity contribution in [1.29, 1.82) is 0 Å². The summed E-state index contributed by atoms with van der Waals surface area (Å²) in [4.78, 5) is 29.1. The van der Waals surface area contributed by atoms with Crippen LogP contribution in [0.2, 0.25) is 0 Å². The number of esters is 1. The number of amides is 1. The average molecular weight is 558 g/mol. The molecule has 0 atom stereocenters. The molecule has 0 fully saturated rings. The molecule has 0 saturated heterocycles. The molecular weight excluding hydrogens is 538 g/mol. The predicted octanol–water partition coefficient (Wildman–Crippen LogP) is 6.46. The summed E-state index contributed by atoms with van der Waals surface area (Å²) in [5.41, 5.74) is -2.02. The molecule has 8 nitrogen and oxygen atoms in total. The molecule has 14 heteroatoms. The Bertz CT molecular complexity index is 1410. The molecule has 2 aromatic carbocycles. The second-order valence-electron chi connectivity index (χ2n) is 7.85. The van der Waals surface area contributed by atoms with Gasteiger partial charge >= 0.3 is 18.5 Å². The lowest BCUT2D eigenvalue weighted by Gasteiger charge is -2.20. The lowest BCUT2D eigenvalue weighted by Crippen LogP contribution is -2.19. The summed E-state index contributed by atoms with van der Waals surface area (Å²) in [5.74, 6) is -3.30. The van der Waals surface area contributed by atoms with Gasteiger partial charge in [-0.25, -0.2) is 9.78 Å². The van der Waals surface area contributed by atoms with E-state index in [1.54, 1.807) is 0 Å². The molecule has 1 aromatic heterocycles. The molecule has 0 aliphatic carbocycles. The van der Waals surface area contributed by atoms with Crippen LogP contribution in [0, 0.1) is 13.8 Å². The van der Waals surface area contributed by atoms with Crippen molar-refractivity contribution >= 4 is 17.6 Å². The Morgan fingerprint density at radius 2 is 1.54 bits per heavy atom. The molecule has 0 unspecified atom stereocenters. The summed E-state index contributed by atoms with van der Waals surface area (Å²) < 4.78 is 97.9. The number of alkyl halides is 6. The van der Waals surface area contributed by atoms with E-state index < -0.39 is 46.9 Å². The number of rotatable bonds is 7. The van der Waals surface area contributed by atoms with Gasteiger partial charge in [0.2, 0.25) is 0 Å². The van der Waals surface area contributed by atoms with E-state index in [-0.39, 0.29) is 34.2 Å². The molecule has 3 rings (SSSR count). The SMILES string of the molecule is COC(=O)c1nccc(NC(=O)c2c(Oc3ccc(OC(F)(F)F)cc3OC)ccc(C(F)(F)F)c2C)c1C. The molecule has 0 saturated carbocycles. The molecule has 0 aliphatic rings. The number of halogens is 6. The summed E-state index contributed by atoms with van der Waals surface area (Å²) in [6, 6.07) is 5.70. The third-order valence-electron chi connectivity index (χ3n) is 5.38. The number of nitrogens with zero attached hydrogens (tertiary/aromatic N) is 1. The molecule has 1 N–H and O–H groups in total. The van der Waals surface area contributed by atoms with Crippen LogP contribution in [-0.2, 0) is 10.9 Å². The minimum atomic E-state index is -4.98. The van der Waals surface area contributed by atoms with Crippen molar-refractivity contribution in [3.8, 4) is 23.0 Å². The molecule has 3 aromatic rings. The first kappa shape index (κ1) is 29.1. The second-order valence-corrected chi connectivity index (χ2v) is 7.85. The molecular formula is C25H20F6N2O6. The first-order valence-electron chi connectivity index (χ1n) is 10.8. The average Bonchev–Trinajstić information content (AvgIpc) is 2.84. The summed E-state index contributed by atoms with van der Waals surface area (Å²) in [7, 11) is 2.25. The Hall–Kier alpha value is -4.49. The molecule has 208 valence electrons. The zero-order valence-corrected chi connectivity index (χ0v) is 20.7. The van der Waals surface area contributed by atoms with E-state index in [4.69, 9.17) is 9.47 Å². The van der Waals surface area contributed by atoms with E-state index in [1.165, 1.54) is 19.2 Å². The topological polar surface area (TPSA) is 96.0 Å². The second kappa shape index (κ2) is 11.1. The van der Waals surface area contributed by atoms with Crippen molar-refractivity contribution in [2.75, 3.05) is 19.5 Å². The number of benzene rings is 2. The molecule has 0 aliphatic heterocycles. The third kappa shape index (κ3) is 6.69. The van der Waals surface area contributed by atoms with Gasteiger partial charge in [-0.15, -0.1) is 13.2 Å². The van der Waals surface area contributed by atoms with Crippen LogP contribution in [0.25, 0.3) is 0 Å². The van der Waals surface area contributed by atoms with Gasteiger partial charge in [0.25, 0.3) is 5.91 Å². The minimum absolute atomic E-state index is 0.0596. The van der Waals surface area contributed by atoms with Crippen molar-refractivity contribution in [1.82, 2.24) is 4.98 Å².